The zero-order chi connectivity index (χ0) is 22.2. The average molecular weight is 432 g/mol. The quantitative estimate of drug-likeness (QED) is 0.784. The van der Waals surface area contributed by atoms with Gasteiger partial charge in [0.25, 0.3) is 5.91 Å². The van der Waals surface area contributed by atoms with E-state index in [2.05, 4.69) is 53.4 Å². The molecule has 168 valence electrons. The Morgan fingerprint density at radius 3 is 2.47 bits per heavy atom. The number of hydrogen-bond acceptors (Lipinski definition) is 3. The second-order valence-corrected chi connectivity index (χ2v) is 9.68. The summed E-state index contributed by atoms with van der Waals surface area (Å²) in [7, 11) is 2.17. The molecular weight excluding hydrogens is 398 g/mol. The number of para-hydroxylation sites is 1. The van der Waals surface area contributed by atoms with Crippen molar-refractivity contribution in [2.75, 3.05) is 18.5 Å². The van der Waals surface area contributed by atoms with Gasteiger partial charge in [0.2, 0.25) is 5.91 Å². The van der Waals surface area contributed by atoms with E-state index in [0.29, 0.717) is 17.5 Å². The van der Waals surface area contributed by atoms with Crippen LogP contribution >= 0.6 is 0 Å². The molecule has 2 aromatic carbocycles. The normalized spacial score (nSPS) is 29.2. The molecule has 0 aromatic heterocycles. The third-order valence-corrected chi connectivity index (χ3v) is 8.03. The minimum absolute atomic E-state index is 0.0761. The van der Waals surface area contributed by atoms with Crippen LogP contribution in [0.4, 0.5) is 5.69 Å². The molecule has 2 heterocycles. The van der Waals surface area contributed by atoms with Gasteiger partial charge in [0.15, 0.2) is 0 Å². The second kappa shape index (κ2) is 8.61. The summed E-state index contributed by atoms with van der Waals surface area (Å²) in [5.41, 5.74) is 3.16. The van der Waals surface area contributed by atoms with Crippen molar-refractivity contribution in [2.24, 2.45) is 11.8 Å². The van der Waals surface area contributed by atoms with Crippen molar-refractivity contribution < 1.29 is 9.59 Å². The molecule has 2 fully saturated rings. The van der Waals surface area contributed by atoms with Crippen LogP contribution in [0, 0.1) is 11.8 Å². The van der Waals surface area contributed by atoms with Crippen LogP contribution in [-0.2, 0) is 4.79 Å². The van der Waals surface area contributed by atoms with E-state index in [9.17, 15) is 9.59 Å². The number of anilines is 1. The number of carbonyl (C=O) groups is 2. The van der Waals surface area contributed by atoms with E-state index in [-0.39, 0.29) is 29.8 Å². The lowest BCUT2D eigenvalue weighted by atomic mass is 9.80. The predicted molar refractivity (Wildman–Crippen MR) is 127 cm³/mol. The summed E-state index contributed by atoms with van der Waals surface area (Å²) < 4.78 is 0. The minimum Gasteiger partial charge on any atom is -0.371 e. The lowest BCUT2D eigenvalue weighted by molar-refractivity contribution is -0.138. The van der Waals surface area contributed by atoms with E-state index < -0.39 is 0 Å². The molecule has 2 aliphatic heterocycles. The molecule has 1 aliphatic carbocycles. The average Bonchev–Trinajstić information content (AvgIpc) is 3.28. The zero-order valence-electron chi connectivity index (χ0n) is 19.0. The van der Waals surface area contributed by atoms with Crippen molar-refractivity contribution in [1.29, 1.82) is 0 Å². The Labute approximate surface area is 190 Å². The van der Waals surface area contributed by atoms with Crippen LogP contribution in [0.5, 0.6) is 0 Å². The molecule has 5 nitrogen and oxygen atoms in total. The zero-order valence-corrected chi connectivity index (χ0v) is 19.0. The van der Waals surface area contributed by atoms with E-state index in [0.717, 1.165) is 38.6 Å². The molecule has 5 heteroatoms. The van der Waals surface area contributed by atoms with Crippen molar-refractivity contribution in [2.45, 2.75) is 57.2 Å². The number of benzene rings is 2. The highest BCUT2D eigenvalue weighted by Crippen LogP contribution is 2.49. The van der Waals surface area contributed by atoms with Crippen LogP contribution in [0.3, 0.4) is 0 Å². The largest absolute Gasteiger partial charge is 0.371 e. The highest BCUT2D eigenvalue weighted by Gasteiger charge is 2.48. The van der Waals surface area contributed by atoms with Gasteiger partial charge < -0.3 is 15.1 Å². The fraction of sp³-hybridized carbons (Fsp3) is 0.481. The lowest BCUT2D eigenvalue weighted by Gasteiger charge is -2.44. The number of likely N-dealkylation sites (tertiary alicyclic amines) is 1. The number of carbonyl (C=O) groups excluding carboxylic acids is 2. The Kier molecular flexibility index (Phi) is 5.66. The van der Waals surface area contributed by atoms with Crippen LogP contribution in [0.2, 0.25) is 0 Å². The highest BCUT2D eigenvalue weighted by atomic mass is 16.2. The summed E-state index contributed by atoms with van der Waals surface area (Å²) in [5, 5.41) is 3.20. The molecule has 32 heavy (non-hydrogen) atoms. The van der Waals surface area contributed by atoms with Crippen molar-refractivity contribution in [3.8, 4) is 0 Å². The van der Waals surface area contributed by atoms with E-state index in [1.165, 1.54) is 11.3 Å². The molecule has 0 bridgehead atoms. The van der Waals surface area contributed by atoms with Crippen LogP contribution < -0.4 is 10.2 Å². The Morgan fingerprint density at radius 2 is 1.66 bits per heavy atom. The van der Waals surface area contributed by atoms with Gasteiger partial charge in [0.05, 0.1) is 12.0 Å². The maximum atomic E-state index is 13.9. The Morgan fingerprint density at radius 1 is 0.938 bits per heavy atom. The second-order valence-electron chi connectivity index (χ2n) is 9.68. The van der Waals surface area contributed by atoms with Gasteiger partial charge in [-0.15, -0.1) is 0 Å². The predicted octanol–water partition coefficient (Wildman–Crippen LogP) is 4.40. The number of nitrogens with one attached hydrogen (secondary N) is 1. The summed E-state index contributed by atoms with van der Waals surface area (Å²) in [6, 6.07) is 18.3. The third-order valence-electron chi connectivity index (χ3n) is 8.03. The maximum absolute atomic E-state index is 13.9. The third kappa shape index (κ3) is 3.58. The lowest BCUT2D eigenvalue weighted by Crippen LogP contribution is -2.51. The Balaban J connectivity index is 1.39. The molecule has 0 unspecified atom stereocenters. The number of amides is 2. The Bertz CT molecular complexity index is 991. The van der Waals surface area contributed by atoms with Gasteiger partial charge in [-0.25, -0.2) is 0 Å². The van der Waals surface area contributed by atoms with Crippen LogP contribution in [0.15, 0.2) is 54.6 Å². The molecule has 1 saturated heterocycles. The molecule has 0 radical (unpaired) electrons. The van der Waals surface area contributed by atoms with Crippen molar-refractivity contribution in [3.63, 3.8) is 0 Å². The molecule has 2 aromatic rings. The van der Waals surface area contributed by atoms with Crippen molar-refractivity contribution >= 4 is 17.5 Å². The number of hydrogen-bond donors (Lipinski definition) is 1. The summed E-state index contributed by atoms with van der Waals surface area (Å²) in [4.78, 5) is 31.3. The van der Waals surface area contributed by atoms with Crippen LogP contribution in [0.1, 0.15) is 61.0 Å². The number of rotatable bonds is 3. The molecular formula is C27H33N3O2. The molecule has 1 saturated carbocycles. The monoisotopic (exact) mass is 431 g/mol. The maximum Gasteiger partial charge on any atom is 0.251 e. The number of nitrogens with zero attached hydrogens (tertiary/aromatic N) is 2. The van der Waals surface area contributed by atoms with E-state index in [1.54, 1.807) is 0 Å². The van der Waals surface area contributed by atoms with Crippen molar-refractivity contribution in [3.05, 3.63) is 65.7 Å². The fourth-order valence-corrected chi connectivity index (χ4v) is 6.19. The summed E-state index contributed by atoms with van der Waals surface area (Å²) in [6.07, 6.45) is 4.85. The minimum atomic E-state index is -0.141. The molecule has 0 spiro atoms. The van der Waals surface area contributed by atoms with Gasteiger partial charge >= 0.3 is 0 Å². The summed E-state index contributed by atoms with van der Waals surface area (Å²) in [6.45, 7) is 3.08. The highest BCUT2D eigenvalue weighted by molar-refractivity contribution is 5.94. The van der Waals surface area contributed by atoms with Gasteiger partial charge in [0.1, 0.15) is 0 Å². The molecule has 3 aliphatic rings. The Hall–Kier alpha value is -2.82. The molecule has 5 atom stereocenters. The molecule has 1 N–H and O–H groups in total. The first-order chi connectivity index (χ1) is 15.6. The summed E-state index contributed by atoms with van der Waals surface area (Å²) in [5.74, 6) is 0.451. The van der Waals surface area contributed by atoms with E-state index >= 15 is 0 Å². The smallest absolute Gasteiger partial charge is 0.251 e. The van der Waals surface area contributed by atoms with Crippen LogP contribution in [-0.4, -0.2) is 42.4 Å². The topological polar surface area (TPSA) is 52.7 Å². The van der Waals surface area contributed by atoms with E-state index in [4.69, 9.17) is 0 Å². The summed E-state index contributed by atoms with van der Waals surface area (Å²) >= 11 is 0. The number of fused-ring (bicyclic) bond motifs is 3. The van der Waals surface area contributed by atoms with Crippen molar-refractivity contribution in [1.82, 2.24) is 10.2 Å². The molecule has 5 rings (SSSR count). The van der Waals surface area contributed by atoms with E-state index in [1.807, 2.05) is 30.3 Å². The van der Waals surface area contributed by atoms with Gasteiger partial charge in [-0.1, -0.05) is 49.2 Å². The van der Waals surface area contributed by atoms with Gasteiger partial charge in [-0.3, -0.25) is 9.59 Å². The SMILES string of the molecule is C[C@H]1[C@H]2CCN(C(=O)[C@H]3CCCC[C@H]3NC(=O)c3ccccc3)[C@H]2c2ccccc2N1C. The first-order valence-electron chi connectivity index (χ1n) is 12.0. The van der Waals surface area contributed by atoms with Gasteiger partial charge in [-0.05, 0) is 49.9 Å². The standard InChI is InChI=1S/C27H33N3O2/c1-18-20-16-17-30(25(20)22-13-7-9-15-24(22)29(18)2)27(32)21-12-6-8-14-23(21)28-26(31)19-10-4-3-5-11-19/h3-5,7,9-11,13,15,18,20-21,23,25H,6,8,12,14,16-17H2,1-2H3,(H,28,31)/t18-,20+,21-,23+,25+/m0/s1. The first-order valence-corrected chi connectivity index (χ1v) is 12.0. The van der Waals surface area contributed by atoms with Gasteiger partial charge in [-0.2, -0.15) is 0 Å². The fourth-order valence-electron chi connectivity index (χ4n) is 6.19. The first kappa shape index (κ1) is 21.0. The van der Waals surface area contributed by atoms with Gasteiger partial charge in [0, 0.05) is 42.8 Å². The van der Waals surface area contributed by atoms with Crippen LogP contribution in [0.25, 0.3) is 0 Å². The molecule has 2 amide bonds.